The summed E-state index contributed by atoms with van der Waals surface area (Å²) in [4.78, 5) is 0. The van der Waals surface area contributed by atoms with Gasteiger partial charge in [-0.15, -0.1) is 0 Å². The Morgan fingerprint density at radius 2 is 0.667 bits per heavy atom. The minimum Gasteiger partial charge on any atom is -0.0533 e. The molecule has 0 atom stereocenters. The summed E-state index contributed by atoms with van der Waals surface area (Å²) >= 11 is 0. The van der Waals surface area contributed by atoms with Gasteiger partial charge in [0.05, 0.1) is 0 Å². The number of rotatable bonds is 0. The fourth-order valence-corrected chi connectivity index (χ4v) is 1.06. The van der Waals surface area contributed by atoms with E-state index >= 15 is 0 Å². The zero-order valence-corrected chi connectivity index (χ0v) is 4.24. The van der Waals surface area contributed by atoms with E-state index in [2.05, 4.69) is 0 Å². The van der Waals surface area contributed by atoms with Crippen LogP contribution in [0, 0.1) is 0 Å². The van der Waals surface area contributed by atoms with E-state index in [-0.39, 0.29) is 1.43 Å². The minimum absolute atomic E-state index is 0. The quantitative estimate of drug-likeness (QED) is 0.424. The van der Waals surface area contributed by atoms with Crippen molar-refractivity contribution in [3.63, 3.8) is 0 Å². The first-order chi connectivity index (χ1) is 3.00. The van der Waals surface area contributed by atoms with E-state index in [0.29, 0.717) is 0 Å². The maximum Gasteiger partial charge on any atom is 1.00 e. The summed E-state index contributed by atoms with van der Waals surface area (Å²) in [6.07, 6.45) is 9.00. The number of hydrogen-bond donors (Lipinski definition) is 0. The molecule has 0 amide bonds. The van der Waals surface area contributed by atoms with Crippen LogP contribution in [0.3, 0.4) is 0 Å². The van der Waals surface area contributed by atoms with E-state index in [1.54, 1.807) is 0 Å². The van der Waals surface area contributed by atoms with Crippen LogP contribution in [0.25, 0.3) is 0 Å². The monoisotopic (exact) mass is 85.1 g/mol. The van der Waals surface area contributed by atoms with Crippen LogP contribution >= 0.6 is 0 Å². The van der Waals surface area contributed by atoms with Crippen LogP contribution in [0.5, 0.6) is 0 Å². The van der Waals surface area contributed by atoms with Gasteiger partial charge in [-0.3, -0.25) is 0 Å². The molecule has 0 N–H and O–H groups in total. The molecule has 0 radical (unpaired) electrons. The smallest absolute Gasteiger partial charge is 0.0533 e. The van der Waals surface area contributed by atoms with Gasteiger partial charge in [-0.25, -0.2) is 0 Å². The average molecular weight is 85.2 g/mol. The molecule has 0 bridgehead atoms. The predicted octanol–water partition coefficient (Wildman–Crippen LogP) is 2.45. The van der Waals surface area contributed by atoms with Gasteiger partial charge in [0.1, 0.15) is 0 Å². The molecule has 0 spiro atoms. The maximum atomic E-state index is 1.50. The third-order valence-electron chi connectivity index (χ3n) is 1.50. The standard InChI is InChI=1S/C6H12/c1-2-4-6-5-3-1/h1-6H2/p+1. The minimum atomic E-state index is 0. The van der Waals surface area contributed by atoms with Gasteiger partial charge in [0.2, 0.25) is 0 Å². The van der Waals surface area contributed by atoms with E-state index in [1.807, 2.05) is 0 Å². The Bertz CT molecular complexity index is 19.7. The highest BCUT2D eigenvalue weighted by atomic mass is 14.0. The Morgan fingerprint density at radius 3 is 0.833 bits per heavy atom. The number of hydrogen-bond acceptors (Lipinski definition) is 0. The lowest BCUT2D eigenvalue weighted by Gasteiger charge is -2.05. The Balaban J connectivity index is 0.000000360. The van der Waals surface area contributed by atoms with Gasteiger partial charge in [0.25, 0.3) is 0 Å². The Morgan fingerprint density at radius 1 is 0.500 bits per heavy atom. The van der Waals surface area contributed by atoms with Gasteiger partial charge < -0.3 is 0 Å². The van der Waals surface area contributed by atoms with Crippen LogP contribution in [0.2, 0.25) is 0 Å². The van der Waals surface area contributed by atoms with Crippen LogP contribution in [0.1, 0.15) is 40.0 Å². The van der Waals surface area contributed by atoms with Gasteiger partial charge in [-0.1, -0.05) is 38.5 Å². The fraction of sp³-hybridized carbons (Fsp3) is 1.00. The average Bonchev–Trinajstić information content (AvgIpc) is 1.72. The van der Waals surface area contributed by atoms with Crippen molar-refractivity contribution >= 4 is 0 Å². The second kappa shape index (κ2) is 2.22. The maximum absolute atomic E-state index is 1.50. The molecule has 1 aliphatic rings. The third kappa shape index (κ3) is 1.00. The SMILES string of the molecule is C1CCCCC1.[H+]. The van der Waals surface area contributed by atoms with E-state index in [1.165, 1.54) is 38.5 Å². The second-order valence-corrected chi connectivity index (χ2v) is 2.12. The van der Waals surface area contributed by atoms with E-state index < -0.39 is 0 Å². The topological polar surface area (TPSA) is 0 Å². The van der Waals surface area contributed by atoms with E-state index in [9.17, 15) is 0 Å². The largest absolute Gasteiger partial charge is 1.00 e. The molecule has 1 saturated carbocycles. The fourth-order valence-electron chi connectivity index (χ4n) is 1.06. The summed E-state index contributed by atoms with van der Waals surface area (Å²) in [6, 6.07) is 0. The van der Waals surface area contributed by atoms with Gasteiger partial charge in [-0.2, -0.15) is 0 Å². The van der Waals surface area contributed by atoms with Crippen molar-refractivity contribution < 1.29 is 1.43 Å². The molecular weight excluding hydrogens is 72.1 g/mol. The lowest BCUT2D eigenvalue weighted by Crippen LogP contribution is -1.85. The van der Waals surface area contributed by atoms with Crippen LogP contribution in [-0.2, 0) is 0 Å². The van der Waals surface area contributed by atoms with Crippen LogP contribution in [-0.4, -0.2) is 0 Å². The lowest BCUT2D eigenvalue weighted by atomic mass is 10.0. The summed E-state index contributed by atoms with van der Waals surface area (Å²) in [5.41, 5.74) is 0. The molecule has 0 aliphatic heterocycles. The summed E-state index contributed by atoms with van der Waals surface area (Å²) in [7, 11) is 0. The van der Waals surface area contributed by atoms with Crippen molar-refractivity contribution in [3.8, 4) is 0 Å². The highest BCUT2D eigenvalue weighted by Gasteiger charge is 1.95. The highest BCUT2D eigenvalue weighted by molar-refractivity contribution is 4.51. The highest BCUT2D eigenvalue weighted by Crippen LogP contribution is 2.15. The first-order valence-corrected chi connectivity index (χ1v) is 3.00. The zero-order chi connectivity index (χ0) is 4.24. The molecular formula is C6H13+. The molecule has 0 nitrogen and oxygen atoms in total. The van der Waals surface area contributed by atoms with E-state index in [0.717, 1.165) is 0 Å². The molecule has 0 saturated heterocycles. The van der Waals surface area contributed by atoms with Crippen molar-refractivity contribution in [1.29, 1.82) is 0 Å². The molecule has 1 aliphatic carbocycles. The molecule has 36 valence electrons. The van der Waals surface area contributed by atoms with Crippen LogP contribution in [0.4, 0.5) is 0 Å². The van der Waals surface area contributed by atoms with Crippen molar-refractivity contribution in [2.45, 2.75) is 38.5 Å². The summed E-state index contributed by atoms with van der Waals surface area (Å²) in [5.74, 6) is 0. The molecule has 6 heavy (non-hydrogen) atoms. The molecule has 0 heterocycles. The van der Waals surface area contributed by atoms with Gasteiger partial charge in [0, 0.05) is 0 Å². The van der Waals surface area contributed by atoms with Crippen molar-refractivity contribution in [1.82, 2.24) is 0 Å². The molecule has 1 rings (SSSR count). The first-order valence-electron chi connectivity index (χ1n) is 3.00. The zero-order valence-electron chi connectivity index (χ0n) is 5.24. The summed E-state index contributed by atoms with van der Waals surface area (Å²) in [5, 5.41) is 0. The molecule has 0 aromatic heterocycles. The van der Waals surface area contributed by atoms with Crippen LogP contribution < -0.4 is 0 Å². The Labute approximate surface area is 41.0 Å². The Hall–Kier alpha value is 0. The Kier molecular flexibility index (Phi) is 1.54. The molecule has 0 heteroatoms. The molecule has 0 unspecified atom stereocenters. The predicted molar refractivity (Wildman–Crippen MR) is 28.8 cm³/mol. The van der Waals surface area contributed by atoms with Crippen molar-refractivity contribution in [2.75, 3.05) is 0 Å². The van der Waals surface area contributed by atoms with Crippen molar-refractivity contribution in [2.24, 2.45) is 0 Å². The summed E-state index contributed by atoms with van der Waals surface area (Å²) < 4.78 is 0. The second-order valence-electron chi connectivity index (χ2n) is 2.12. The van der Waals surface area contributed by atoms with Gasteiger partial charge in [0.15, 0.2) is 0 Å². The van der Waals surface area contributed by atoms with Crippen molar-refractivity contribution in [3.05, 3.63) is 0 Å². The molecule has 0 aromatic rings. The van der Waals surface area contributed by atoms with E-state index in [4.69, 9.17) is 0 Å². The normalized spacial score (nSPS) is 24.0. The molecule has 0 aromatic carbocycles. The molecule has 1 fully saturated rings. The van der Waals surface area contributed by atoms with Gasteiger partial charge >= 0.3 is 1.43 Å². The van der Waals surface area contributed by atoms with Gasteiger partial charge in [-0.05, 0) is 0 Å². The third-order valence-corrected chi connectivity index (χ3v) is 1.50. The van der Waals surface area contributed by atoms with Crippen LogP contribution in [0.15, 0.2) is 0 Å². The first kappa shape index (κ1) is 4.17. The lowest BCUT2D eigenvalue weighted by molar-refractivity contribution is 0.504. The summed E-state index contributed by atoms with van der Waals surface area (Å²) in [6.45, 7) is 0.